The van der Waals surface area contributed by atoms with Crippen molar-refractivity contribution in [1.29, 1.82) is 0 Å². The topological polar surface area (TPSA) is 66.5 Å². The molecule has 2 fully saturated rings. The van der Waals surface area contributed by atoms with E-state index in [9.17, 15) is 14.4 Å². The third-order valence-electron chi connectivity index (χ3n) is 5.17. The standard InChI is InChI=1S/C20H26N2O3/c1-13(2)14-4-6-15(7-5-14)16-12-17(16)20(25)21-10-3-11-22-18(23)8-9-19(22)24/h4-7,13,16-17H,3,8-12H2,1-2H3,(H,21,25)/t16-,17-/m0/s1. The third-order valence-corrected chi connectivity index (χ3v) is 5.17. The van der Waals surface area contributed by atoms with Crippen LogP contribution in [-0.4, -0.2) is 35.7 Å². The lowest BCUT2D eigenvalue weighted by molar-refractivity contribution is -0.138. The highest BCUT2D eigenvalue weighted by atomic mass is 16.2. The zero-order chi connectivity index (χ0) is 18.0. The third kappa shape index (κ3) is 4.09. The molecule has 2 aliphatic rings. The minimum Gasteiger partial charge on any atom is -0.356 e. The molecule has 0 aromatic heterocycles. The molecule has 0 unspecified atom stereocenters. The van der Waals surface area contributed by atoms with Crippen molar-refractivity contribution in [3.63, 3.8) is 0 Å². The summed E-state index contributed by atoms with van der Waals surface area (Å²) < 4.78 is 0. The zero-order valence-corrected chi connectivity index (χ0v) is 15.0. The first kappa shape index (κ1) is 17.6. The fourth-order valence-corrected chi connectivity index (χ4v) is 3.43. The van der Waals surface area contributed by atoms with Crippen LogP contribution in [0.5, 0.6) is 0 Å². The van der Waals surface area contributed by atoms with Crippen molar-refractivity contribution in [1.82, 2.24) is 10.2 Å². The van der Waals surface area contributed by atoms with Crippen LogP contribution in [0.1, 0.15) is 62.5 Å². The molecule has 3 rings (SSSR count). The summed E-state index contributed by atoms with van der Waals surface area (Å²) in [6.07, 6.45) is 2.16. The zero-order valence-electron chi connectivity index (χ0n) is 15.0. The SMILES string of the molecule is CC(C)c1ccc([C@@H]2C[C@@H]2C(=O)NCCCN2C(=O)CCC2=O)cc1. The number of rotatable bonds is 7. The molecule has 1 saturated heterocycles. The number of hydrogen-bond acceptors (Lipinski definition) is 3. The maximum atomic E-state index is 12.2. The minimum absolute atomic E-state index is 0.0555. The predicted molar refractivity (Wildman–Crippen MR) is 95.0 cm³/mol. The van der Waals surface area contributed by atoms with E-state index in [0.29, 0.717) is 44.2 Å². The molecule has 1 aromatic carbocycles. The molecule has 0 spiro atoms. The Labute approximate surface area is 148 Å². The Kier molecular flexibility index (Phi) is 5.21. The number of imide groups is 1. The summed E-state index contributed by atoms with van der Waals surface area (Å²) in [5.74, 6) is 0.786. The average molecular weight is 342 g/mol. The van der Waals surface area contributed by atoms with Gasteiger partial charge in [-0.25, -0.2) is 0 Å². The van der Waals surface area contributed by atoms with E-state index in [1.165, 1.54) is 16.0 Å². The molecule has 1 saturated carbocycles. The van der Waals surface area contributed by atoms with Crippen molar-refractivity contribution in [2.45, 2.75) is 51.4 Å². The number of carbonyl (C=O) groups is 3. The first-order valence-electron chi connectivity index (χ1n) is 9.18. The second-order valence-electron chi connectivity index (χ2n) is 7.35. The quantitative estimate of drug-likeness (QED) is 0.612. The van der Waals surface area contributed by atoms with Crippen LogP contribution in [0.2, 0.25) is 0 Å². The van der Waals surface area contributed by atoms with E-state index in [1.807, 2.05) is 0 Å². The van der Waals surface area contributed by atoms with Crippen LogP contribution in [0.3, 0.4) is 0 Å². The molecular weight excluding hydrogens is 316 g/mol. The Hall–Kier alpha value is -2.17. The smallest absolute Gasteiger partial charge is 0.229 e. The monoisotopic (exact) mass is 342 g/mol. The molecule has 25 heavy (non-hydrogen) atoms. The summed E-state index contributed by atoms with van der Waals surface area (Å²) in [6, 6.07) is 8.57. The number of nitrogens with zero attached hydrogens (tertiary/aromatic N) is 1. The van der Waals surface area contributed by atoms with Gasteiger partial charge in [-0.1, -0.05) is 38.1 Å². The number of carbonyl (C=O) groups excluding carboxylic acids is 3. The van der Waals surface area contributed by atoms with E-state index in [1.54, 1.807) is 0 Å². The summed E-state index contributed by atoms with van der Waals surface area (Å²) >= 11 is 0. The second-order valence-corrected chi connectivity index (χ2v) is 7.35. The van der Waals surface area contributed by atoms with Gasteiger partial charge in [-0.15, -0.1) is 0 Å². The molecule has 5 nitrogen and oxygen atoms in total. The molecule has 1 heterocycles. The molecule has 2 atom stereocenters. The van der Waals surface area contributed by atoms with Gasteiger partial charge in [-0.2, -0.15) is 0 Å². The minimum atomic E-state index is -0.0940. The van der Waals surface area contributed by atoms with Crippen molar-refractivity contribution in [2.75, 3.05) is 13.1 Å². The van der Waals surface area contributed by atoms with Crippen LogP contribution in [0, 0.1) is 5.92 Å². The number of amides is 3. The summed E-state index contributed by atoms with van der Waals surface area (Å²) in [6.45, 7) is 5.26. The fourth-order valence-electron chi connectivity index (χ4n) is 3.43. The molecule has 1 aliphatic heterocycles. The van der Waals surface area contributed by atoms with E-state index in [-0.39, 0.29) is 23.6 Å². The van der Waals surface area contributed by atoms with Crippen molar-refractivity contribution >= 4 is 17.7 Å². The largest absolute Gasteiger partial charge is 0.356 e. The summed E-state index contributed by atoms with van der Waals surface area (Å²) in [5.41, 5.74) is 2.55. The van der Waals surface area contributed by atoms with Gasteiger partial charge >= 0.3 is 0 Å². The van der Waals surface area contributed by atoms with E-state index in [2.05, 4.69) is 43.4 Å². The van der Waals surface area contributed by atoms with Gasteiger partial charge in [0.25, 0.3) is 0 Å². The molecular formula is C20H26N2O3. The van der Waals surface area contributed by atoms with Gasteiger partial charge in [0.05, 0.1) is 0 Å². The van der Waals surface area contributed by atoms with E-state index in [4.69, 9.17) is 0 Å². The Morgan fingerprint density at radius 1 is 1.16 bits per heavy atom. The van der Waals surface area contributed by atoms with Gasteiger partial charge < -0.3 is 5.32 Å². The van der Waals surface area contributed by atoms with Crippen LogP contribution in [0.4, 0.5) is 0 Å². The first-order chi connectivity index (χ1) is 12.0. The Balaban J connectivity index is 1.40. The van der Waals surface area contributed by atoms with Crippen LogP contribution in [-0.2, 0) is 14.4 Å². The van der Waals surface area contributed by atoms with Gasteiger partial charge in [-0.3, -0.25) is 19.3 Å². The number of likely N-dealkylation sites (tertiary alicyclic amines) is 1. The molecule has 134 valence electrons. The van der Waals surface area contributed by atoms with Crippen molar-refractivity contribution < 1.29 is 14.4 Å². The highest BCUT2D eigenvalue weighted by Crippen LogP contribution is 2.47. The van der Waals surface area contributed by atoms with Gasteiger partial charge in [0.1, 0.15) is 0 Å². The normalized spacial score (nSPS) is 22.6. The lowest BCUT2D eigenvalue weighted by atomic mass is 10.00. The number of hydrogen-bond donors (Lipinski definition) is 1. The maximum Gasteiger partial charge on any atom is 0.229 e. The first-order valence-corrected chi connectivity index (χ1v) is 9.18. The number of benzene rings is 1. The predicted octanol–water partition coefficient (Wildman–Crippen LogP) is 2.57. The van der Waals surface area contributed by atoms with Crippen molar-refractivity contribution in [3.8, 4) is 0 Å². The highest BCUT2D eigenvalue weighted by molar-refractivity contribution is 6.01. The second kappa shape index (κ2) is 7.38. The van der Waals surface area contributed by atoms with Gasteiger partial charge in [0.15, 0.2) is 0 Å². The maximum absolute atomic E-state index is 12.2. The van der Waals surface area contributed by atoms with Crippen LogP contribution in [0.15, 0.2) is 24.3 Å². The highest BCUT2D eigenvalue weighted by Gasteiger charge is 2.43. The van der Waals surface area contributed by atoms with Crippen LogP contribution in [0.25, 0.3) is 0 Å². The van der Waals surface area contributed by atoms with Crippen molar-refractivity contribution in [2.24, 2.45) is 5.92 Å². The van der Waals surface area contributed by atoms with E-state index >= 15 is 0 Å². The van der Waals surface area contributed by atoms with E-state index < -0.39 is 0 Å². The van der Waals surface area contributed by atoms with Crippen LogP contribution >= 0.6 is 0 Å². The molecule has 1 aromatic rings. The molecule has 1 N–H and O–H groups in total. The van der Waals surface area contributed by atoms with Gasteiger partial charge in [-0.05, 0) is 35.8 Å². The van der Waals surface area contributed by atoms with Crippen molar-refractivity contribution in [3.05, 3.63) is 35.4 Å². The summed E-state index contributed by atoms with van der Waals surface area (Å²) in [4.78, 5) is 36.6. The Morgan fingerprint density at radius 3 is 2.40 bits per heavy atom. The fraction of sp³-hybridized carbons (Fsp3) is 0.550. The molecule has 0 radical (unpaired) electrons. The summed E-state index contributed by atoms with van der Waals surface area (Å²) in [5, 5.41) is 2.94. The summed E-state index contributed by atoms with van der Waals surface area (Å²) in [7, 11) is 0. The molecule has 0 bridgehead atoms. The molecule has 5 heteroatoms. The Morgan fingerprint density at radius 2 is 1.80 bits per heavy atom. The Bertz CT molecular complexity index is 650. The van der Waals surface area contributed by atoms with Crippen LogP contribution < -0.4 is 5.32 Å². The molecule has 1 aliphatic carbocycles. The van der Waals surface area contributed by atoms with E-state index in [0.717, 1.165) is 6.42 Å². The van der Waals surface area contributed by atoms with Gasteiger partial charge in [0.2, 0.25) is 17.7 Å². The number of nitrogens with one attached hydrogen (secondary N) is 1. The lowest BCUT2D eigenvalue weighted by Crippen LogP contribution is -2.33. The average Bonchev–Trinajstić information content (AvgIpc) is 3.34. The molecule has 3 amide bonds. The lowest BCUT2D eigenvalue weighted by Gasteiger charge is -2.13. The van der Waals surface area contributed by atoms with Gasteiger partial charge in [0, 0.05) is 31.8 Å².